The highest BCUT2D eigenvalue weighted by molar-refractivity contribution is 6.04. The summed E-state index contributed by atoms with van der Waals surface area (Å²) in [6, 6.07) is 12.0. The van der Waals surface area contributed by atoms with Crippen molar-refractivity contribution >= 4 is 11.7 Å². The Morgan fingerprint density at radius 1 is 1.14 bits per heavy atom. The Kier molecular flexibility index (Phi) is 5.05. The summed E-state index contributed by atoms with van der Waals surface area (Å²) >= 11 is 0. The van der Waals surface area contributed by atoms with Gasteiger partial charge < -0.3 is 19.1 Å². The zero-order valence-corrected chi connectivity index (χ0v) is 16.1. The number of anilines is 1. The van der Waals surface area contributed by atoms with Gasteiger partial charge in [-0.25, -0.2) is 0 Å². The van der Waals surface area contributed by atoms with Crippen LogP contribution in [0.15, 0.2) is 34.9 Å². The zero-order valence-electron chi connectivity index (χ0n) is 16.1. The summed E-state index contributed by atoms with van der Waals surface area (Å²) in [6.45, 7) is 5.64. The minimum atomic E-state index is -0.360. The number of rotatable bonds is 3. The van der Waals surface area contributed by atoms with Crippen molar-refractivity contribution in [3.8, 4) is 17.4 Å². The van der Waals surface area contributed by atoms with Crippen LogP contribution in [0.1, 0.15) is 30.1 Å². The molecule has 0 unspecified atom stereocenters. The molecule has 0 saturated carbocycles. The number of hydrogen-bond acceptors (Lipinski definition) is 6. The van der Waals surface area contributed by atoms with Crippen molar-refractivity contribution in [1.29, 1.82) is 5.26 Å². The van der Waals surface area contributed by atoms with E-state index in [1.54, 1.807) is 0 Å². The van der Waals surface area contributed by atoms with E-state index < -0.39 is 0 Å². The molecule has 4 rings (SSSR count). The smallest absolute Gasteiger partial charge is 0.261 e. The summed E-state index contributed by atoms with van der Waals surface area (Å²) in [6.07, 6.45) is 1.35. The molecular formula is C21H24N4O3. The van der Waals surface area contributed by atoms with Gasteiger partial charge in [0.15, 0.2) is 11.6 Å². The Bertz CT molecular complexity index is 873. The lowest BCUT2D eigenvalue weighted by Crippen LogP contribution is -2.43. The van der Waals surface area contributed by atoms with E-state index in [2.05, 4.69) is 16.1 Å². The molecule has 0 spiro atoms. The van der Waals surface area contributed by atoms with Crippen LogP contribution in [-0.2, 0) is 4.74 Å². The molecule has 2 fully saturated rings. The molecule has 2 aliphatic rings. The quantitative estimate of drug-likeness (QED) is 0.814. The SMILES string of the molecule is CC1(C#N)CCN(C(=O)c2c(N3CCOCC3)noc2-c2ccccc2)CC1. The van der Waals surface area contributed by atoms with Gasteiger partial charge >= 0.3 is 0 Å². The molecule has 1 aromatic heterocycles. The van der Waals surface area contributed by atoms with Crippen LogP contribution in [0.3, 0.4) is 0 Å². The summed E-state index contributed by atoms with van der Waals surface area (Å²) in [5.74, 6) is 1.00. The fraction of sp³-hybridized carbons (Fsp3) is 0.476. The molecular weight excluding hydrogens is 356 g/mol. The van der Waals surface area contributed by atoms with Crippen LogP contribution >= 0.6 is 0 Å². The van der Waals surface area contributed by atoms with Crippen molar-refractivity contribution in [3.05, 3.63) is 35.9 Å². The third-order valence-corrected chi connectivity index (χ3v) is 5.66. The van der Waals surface area contributed by atoms with E-state index in [-0.39, 0.29) is 11.3 Å². The maximum absolute atomic E-state index is 13.5. The van der Waals surface area contributed by atoms with Gasteiger partial charge in [-0.3, -0.25) is 4.79 Å². The maximum atomic E-state index is 13.5. The monoisotopic (exact) mass is 380 g/mol. The Balaban J connectivity index is 1.68. The van der Waals surface area contributed by atoms with E-state index in [9.17, 15) is 10.1 Å². The Hall–Kier alpha value is -2.85. The molecule has 7 heteroatoms. The summed E-state index contributed by atoms with van der Waals surface area (Å²) < 4.78 is 11.1. The number of hydrogen-bond donors (Lipinski definition) is 0. The second-order valence-electron chi connectivity index (χ2n) is 7.64. The fourth-order valence-corrected chi connectivity index (χ4v) is 3.73. The number of carbonyl (C=O) groups excluding carboxylic acids is 1. The predicted molar refractivity (Wildman–Crippen MR) is 104 cm³/mol. The Labute approximate surface area is 164 Å². The van der Waals surface area contributed by atoms with Gasteiger partial charge in [0.25, 0.3) is 5.91 Å². The first-order valence-corrected chi connectivity index (χ1v) is 9.70. The number of carbonyl (C=O) groups is 1. The van der Waals surface area contributed by atoms with Gasteiger partial charge in [-0.1, -0.05) is 35.5 Å². The van der Waals surface area contributed by atoms with Crippen LogP contribution in [0.2, 0.25) is 0 Å². The van der Waals surface area contributed by atoms with Crippen LogP contribution in [0.25, 0.3) is 11.3 Å². The standard InChI is InChI=1S/C21H24N4O3/c1-21(15-22)7-9-25(10-8-21)20(26)17-18(16-5-3-2-4-6-16)28-23-19(17)24-11-13-27-14-12-24/h2-6H,7-14H2,1H3. The summed E-state index contributed by atoms with van der Waals surface area (Å²) in [4.78, 5) is 17.4. The average Bonchev–Trinajstić information content (AvgIpc) is 3.20. The number of morpholine rings is 1. The van der Waals surface area contributed by atoms with Gasteiger partial charge in [0.05, 0.1) is 24.7 Å². The van der Waals surface area contributed by atoms with E-state index in [1.165, 1.54) is 0 Å². The number of piperidine rings is 1. The minimum Gasteiger partial charge on any atom is -0.378 e. The second-order valence-corrected chi connectivity index (χ2v) is 7.64. The van der Waals surface area contributed by atoms with Gasteiger partial charge in [-0.05, 0) is 19.8 Å². The number of likely N-dealkylation sites (tertiary alicyclic amines) is 1. The van der Waals surface area contributed by atoms with Crippen molar-refractivity contribution in [2.24, 2.45) is 5.41 Å². The molecule has 146 valence electrons. The summed E-state index contributed by atoms with van der Waals surface area (Å²) in [5, 5.41) is 13.6. The largest absolute Gasteiger partial charge is 0.378 e. The number of nitrogens with zero attached hydrogens (tertiary/aromatic N) is 4. The molecule has 1 aromatic carbocycles. The van der Waals surface area contributed by atoms with Crippen molar-refractivity contribution < 1.29 is 14.1 Å². The first kappa shape index (κ1) is 18.5. The van der Waals surface area contributed by atoms with E-state index in [0.717, 1.165) is 5.56 Å². The van der Waals surface area contributed by atoms with Crippen LogP contribution in [0.5, 0.6) is 0 Å². The average molecular weight is 380 g/mol. The minimum absolute atomic E-state index is 0.0819. The molecule has 2 aliphatic heterocycles. The molecule has 28 heavy (non-hydrogen) atoms. The lowest BCUT2D eigenvalue weighted by atomic mass is 9.82. The van der Waals surface area contributed by atoms with Gasteiger partial charge in [-0.2, -0.15) is 5.26 Å². The number of nitriles is 1. The maximum Gasteiger partial charge on any atom is 0.261 e. The van der Waals surface area contributed by atoms with Gasteiger partial charge in [0, 0.05) is 31.7 Å². The molecule has 0 bridgehead atoms. The lowest BCUT2D eigenvalue weighted by molar-refractivity contribution is 0.0661. The molecule has 0 aliphatic carbocycles. The molecule has 7 nitrogen and oxygen atoms in total. The normalized spacial score (nSPS) is 19.3. The number of aromatic nitrogens is 1. The van der Waals surface area contributed by atoms with Gasteiger partial charge in [-0.15, -0.1) is 0 Å². The van der Waals surface area contributed by atoms with Crippen molar-refractivity contribution in [2.75, 3.05) is 44.3 Å². The van der Waals surface area contributed by atoms with Crippen LogP contribution < -0.4 is 4.90 Å². The summed E-state index contributed by atoms with van der Waals surface area (Å²) in [7, 11) is 0. The first-order chi connectivity index (χ1) is 13.6. The van der Waals surface area contributed by atoms with Crippen molar-refractivity contribution in [2.45, 2.75) is 19.8 Å². The number of ether oxygens (including phenoxy) is 1. The number of benzene rings is 1. The van der Waals surface area contributed by atoms with E-state index in [1.807, 2.05) is 42.2 Å². The predicted octanol–water partition coefficient (Wildman–Crippen LogP) is 2.94. The third kappa shape index (κ3) is 3.48. The molecule has 0 N–H and O–H groups in total. The van der Waals surface area contributed by atoms with Gasteiger partial charge in [0.1, 0.15) is 5.56 Å². The number of amides is 1. The van der Waals surface area contributed by atoms with Crippen LogP contribution in [0, 0.1) is 16.7 Å². The fourth-order valence-electron chi connectivity index (χ4n) is 3.73. The molecule has 2 aromatic rings. The summed E-state index contributed by atoms with van der Waals surface area (Å²) in [5.41, 5.74) is 0.978. The first-order valence-electron chi connectivity index (χ1n) is 9.70. The van der Waals surface area contributed by atoms with Crippen molar-refractivity contribution in [1.82, 2.24) is 10.1 Å². The Morgan fingerprint density at radius 2 is 1.82 bits per heavy atom. The molecule has 0 radical (unpaired) electrons. The van der Waals surface area contributed by atoms with Crippen molar-refractivity contribution in [3.63, 3.8) is 0 Å². The van der Waals surface area contributed by atoms with E-state index >= 15 is 0 Å². The highest BCUT2D eigenvalue weighted by Crippen LogP contribution is 2.35. The lowest BCUT2D eigenvalue weighted by Gasteiger charge is -2.35. The highest BCUT2D eigenvalue weighted by Gasteiger charge is 2.36. The Morgan fingerprint density at radius 3 is 2.46 bits per heavy atom. The van der Waals surface area contributed by atoms with Crippen LogP contribution in [0.4, 0.5) is 5.82 Å². The topological polar surface area (TPSA) is 82.6 Å². The molecule has 0 atom stereocenters. The van der Waals surface area contributed by atoms with Crippen LogP contribution in [-0.4, -0.2) is 55.4 Å². The van der Waals surface area contributed by atoms with Gasteiger partial charge in [0.2, 0.25) is 0 Å². The zero-order chi connectivity index (χ0) is 19.6. The molecule has 3 heterocycles. The second kappa shape index (κ2) is 7.64. The highest BCUT2D eigenvalue weighted by atomic mass is 16.5. The van der Waals surface area contributed by atoms with E-state index in [4.69, 9.17) is 9.26 Å². The molecule has 2 saturated heterocycles. The third-order valence-electron chi connectivity index (χ3n) is 5.66. The molecule has 1 amide bonds. The van der Waals surface area contributed by atoms with E-state index in [0.29, 0.717) is 69.4 Å².